The number of aromatic nitrogens is 1. The summed E-state index contributed by atoms with van der Waals surface area (Å²) >= 11 is 0. The van der Waals surface area contributed by atoms with Crippen LogP contribution in [0.1, 0.15) is 16.1 Å². The summed E-state index contributed by atoms with van der Waals surface area (Å²) in [5.74, 6) is 0.239. The van der Waals surface area contributed by atoms with Gasteiger partial charge in [0.15, 0.2) is 0 Å². The maximum Gasteiger partial charge on any atom is 0.254 e. The molecule has 0 aliphatic carbocycles. The number of carbonyl (C=O) groups excluding carboxylic acids is 1. The Bertz CT molecular complexity index is 899. The average molecular weight is 340 g/mol. The number of ether oxygens (including phenoxy) is 2. The second-order valence-electron chi connectivity index (χ2n) is 5.27. The van der Waals surface area contributed by atoms with Gasteiger partial charge in [0.05, 0.1) is 16.8 Å². The first-order valence-corrected chi connectivity index (χ1v) is 7.73. The van der Waals surface area contributed by atoms with Crippen LogP contribution >= 0.6 is 0 Å². The minimum atomic E-state index is -1.03. The van der Waals surface area contributed by atoms with E-state index < -0.39 is 6.86 Å². The number of benzene rings is 2. The van der Waals surface area contributed by atoms with E-state index in [0.29, 0.717) is 5.75 Å². The minimum absolute atomic E-state index is 0.130. The van der Waals surface area contributed by atoms with Crippen LogP contribution in [0.5, 0.6) is 11.5 Å². The largest absolute Gasteiger partial charge is 0.487 e. The molecule has 6 heteroatoms. The summed E-state index contributed by atoms with van der Waals surface area (Å²) in [6.07, 6.45) is 0. The summed E-state index contributed by atoms with van der Waals surface area (Å²) < 4.78 is 23.1. The molecule has 5 nitrogen and oxygen atoms in total. The third-order valence-electron chi connectivity index (χ3n) is 3.68. The Morgan fingerprint density at radius 2 is 1.96 bits per heavy atom. The van der Waals surface area contributed by atoms with Crippen LogP contribution in [0.2, 0.25) is 0 Å². The van der Waals surface area contributed by atoms with Gasteiger partial charge in [0.1, 0.15) is 18.1 Å². The zero-order chi connectivity index (χ0) is 17.6. The summed E-state index contributed by atoms with van der Waals surface area (Å²) in [5.41, 5.74) is 1.90. The van der Waals surface area contributed by atoms with Crippen molar-refractivity contribution in [3.8, 4) is 11.5 Å². The highest BCUT2D eigenvalue weighted by atomic mass is 19.1. The Morgan fingerprint density at radius 3 is 2.76 bits per heavy atom. The first-order valence-electron chi connectivity index (χ1n) is 7.73. The Labute approximate surface area is 144 Å². The van der Waals surface area contributed by atoms with Gasteiger partial charge in [-0.25, -0.2) is 9.37 Å². The number of pyridine rings is 1. The zero-order valence-electron chi connectivity index (χ0n) is 13.7. The Hall–Kier alpha value is -3.15. The average Bonchev–Trinajstić information content (AvgIpc) is 2.66. The van der Waals surface area contributed by atoms with Gasteiger partial charge < -0.3 is 14.8 Å². The Balaban J connectivity index is 1.77. The van der Waals surface area contributed by atoms with Gasteiger partial charge in [-0.3, -0.25) is 4.79 Å². The second kappa shape index (κ2) is 7.61. The fourth-order valence-corrected chi connectivity index (χ4v) is 2.44. The number of rotatable bonds is 6. The topological polar surface area (TPSA) is 60.5 Å². The number of hydrogen-bond acceptors (Lipinski definition) is 4. The molecule has 1 heterocycles. The van der Waals surface area contributed by atoms with Crippen LogP contribution in [0.3, 0.4) is 0 Å². The van der Waals surface area contributed by atoms with Gasteiger partial charge in [-0.05, 0) is 24.3 Å². The minimum Gasteiger partial charge on any atom is -0.487 e. The molecule has 0 fully saturated rings. The molecular formula is C19H17FN2O3. The molecule has 128 valence electrons. The lowest BCUT2D eigenvalue weighted by atomic mass is 10.1. The molecule has 0 atom stereocenters. The number of alkyl halides is 1. The van der Waals surface area contributed by atoms with Crippen LogP contribution in [0, 0.1) is 0 Å². The Morgan fingerprint density at radius 1 is 1.12 bits per heavy atom. The van der Waals surface area contributed by atoms with Gasteiger partial charge in [0.25, 0.3) is 5.91 Å². The maximum absolute atomic E-state index is 12.6. The fourth-order valence-electron chi connectivity index (χ4n) is 2.44. The van der Waals surface area contributed by atoms with E-state index in [4.69, 9.17) is 9.47 Å². The molecule has 0 saturated carbocycles. The highest BCUT2D eigenvalue weighted by Crippen LogP contribution is 2.26. The van der Waals surface area contributed by atoms with Gasteiger partial charge in [-0.2, -0.15) is 0 Å². The van der Waals surface area contributed by atoms with Gasteiger partial charge in [0.2, 0.25) is 6.86 Å². The molecule has 1 N–H and O–H groups in total. The molecule has 0 aliphatic heterocycles. The van der Waals surface area contributed by atoms with Crippen LogP contribution < -0.4 is 14.8 Å². The van der Waals surface area contributed by atoms with E-state index in [0.717, 1.165) is 16.6 Å². The fraction of sp³-hybridized carbons (Fsp3) is 0.158. The Kier molecular flexibility index (Phi) is 5.09. The van der Waals surface area contributed by atoms with Gasteiger partial charge >= 0.3 is 0 Å². The van der Waals surface area contributed by atoms with E-state index >= 15 is 0 Å². The maximum atomic E-state index is 12.6. The molecule has 0 bridgehead atoms. The van der Waals surface area contributed by atoms with Crippen LogP contribution in [0.4, 0.5) is 4.39 Å². The van der Waals surface area contributed by atoms with E-state index in [1.165, 1.54) is 19.2 Å². The van der Waals surface area contributed by atoms with Crippen LogP contribution in [-0.4, -0.2) is 24.8 Å². The molecule has 2 aromatic carbocycles. The van der Waals surface area contributed by atoms with E-state index in [9.17, 15) is 9.18 Å². The lowest BCUT2D eigenvalue weighted by Crippen LogP contribution is -2.18. The highest BCUT2D eigenvalue weighted by Gasteiger charge is 2.13. The molecule has 3 aromatic rings. The second-order valence-corrected chi connectivity index (χ2v) is 5.27. The van der Waals surface area contributed by atoms with Crippen LogP contribution in [0.15, 0.2) is 54.6 Å². The number of hydrogen-bond donors (Lipinski definition) is 1. The van der Waals surface area contributed by atoms with Gasteiger partial charge in [-0.15, -0.1) is 0 Å². The van der Waals surface area contributed by atoms with E-state index in [2.05, 4.69) is 10.3 Å². The van der Waals surface area contributed by atoms with Crippen molar-refractivity contribution < 1.29 is 18.7 Å². The first kappa shape index (κ1) is 16.7. The van der Waals surface area contributed by atoms with Crippen molar-refractivity contribution in [3.05, 3.63) is 65.9 Å². The standard InChI is InChI=1S/C19H17FN2O3/c1-21-19(23)16-9-8-15(10-18(16)25-12-20)24-11-14-7-6-13-4-2-3-5-17(13)22-14/h2-10H,11-12H2,1H3,(H,21,23). The van der Waals surface area contributed by atoms with Gasteiger partial charge in [0, 0.05) is 18.5 Å². The number of fused-ring (bicyclic) bond motifs is 1. The number of para-hydroxylation sites is 1. The number of halogens is 1. The van der Waals surface area contributed by atoms with Crippen molar-refractivity contribution in [2.75, 3.05) is 13.9 Å². The number of nitrogens with zero attached hydrogens (tertiary/aromatic N) is 1. The third kappa shape index (κ3) is 3.85. The van der Waals surface area contributed by atoms with Crippen LogP contribution in [0.25, 0.3) is 10.9 Å². The van der Waals surface area contributed by atoms with E-state index in [1.807, 2.05) is 36.4 Å². The molecule has 0 saturated heterocycles. The molecule has 0 aliphatic rings. The van der Waals surface area contributed by atoms with Crippen molar-refractivity contribution in [1.29, 1.82) is 0 Å². The molecule has 0 unspecified atom stereocenters. The van der Waals surface area contributed by atoms with Crippen molar-refractivity contribution in [2.24, 2.45) is 0 Å². The molecule has 1 aromatic heterocycles. The number of amides is 1. The zero-order valence-corrected chi connectivity index (χ0v) is 13.7. The smallest absolute Gasteiger partial charge is 0.254 e. The van der Waals surface area contributed by atoms with Crippen molar-refractivity contribution in [1.82, 2.24) is 10.3 Å². The third-order valence-corrected chi connectivity index (χ3v) is 3.68. The molecule has 3 rings (SSSR count). The summed E-state index contributed by atoms with van der Waals surface area (Å²) in [6.45, 7) is -0.779. The van der Waals surface area contributed by atoms with Crippen molar-refractivity contribution >= 4 is 16.8 Å². The van der Waals surface area contributed by atoms with Gasteiger partial charge in [-0.1, -0.05) is 24.3 Å². The lowest BCUT2D eigenvalue weighted by molar-refractivity contribution is 0.0955. The molecular weight excluding hydrogens is 323 g/mol. The molecule has 25 heavy (non-hydrogen) atoms. The van der Waals surface area contributed by atoms with Crippen molar-refractivity contribution in [2.45, 2.75) is 6.61 Å². The van der Waals surface area contributed by atoms with Crippen molar-refractivity contribution in [3.63, 3.8) is 0 Å². The summed E-state index contributed by atoms with van der Waals surface area (Å²) in [7, 11) is 1.50. The first-order chi connectivity index (χ1) is 12.2. The quantitative estimate of drug-likeness (QED) is 0.746. The predicted molar refractivity (Wildman–Crippen MR) is 92.5 cm³/mol. The molecule has 0 spiro atoms. The highest BCUT2D eigenvalue weighted by molar-refractivity contribution is 5.96. The lowest BCUT2D eigenvalue weighted by Gasteiger charge is -2.11. The summed E-state index contributed by atoms with van der Waals surface area (Å²) in [4.78, 5) is 16.3. The SMILES string of the molecule is CNC(=O)c1ccc(OCc2ccc3ccccc3n2)cc1OCF. The molecule has 1 amide bonds. The summed E-state index contributed by atoms with van der Waals surface area (Å²) in [5, 5.41) is 3.54. The monoisotopic (exact) mass is 340 g/mol. The predicted octanol–water partition coefficient (Wildman–Crippen LogP) is 3.48. The van der Waals surface area contributed by atoms with E-state index in [1.54, 1.807) is 6.07 Å². The normalized spacial score (nSPS) is 10.5. The number of nitrogens with one attached hydrogen (secondary N) is 1. The summed E-state index contributed by atoms with van der Waals surface area (Å²) in [6, 6.07) is 16.3. The van der Waals surface area contributed by atoms with Crippen LogP contribution in [-0.2, 0) is 6.61 Å². The van der Waals surface area contributed by atoms with E-state index in [-0.39, 0.29) is 23.8 Å². The number of carbonyl (C=O) groups is 1. The molecule has 0 radical (unpaired) electrons.